The molecule has 122 valence electrons. The summed E-state index contributed by atoms with van der Waals surface area (Å²) in [7, 11) is 0. The smallest absolute Gasteiger partial charge is 0.328 e. The van der Waals surface area contributed by atoms with Crippen molar-refractivity contribution in [3.05, 3.63) is 60.8 Å². The molecule has 0 saturated carbocycles. The molecule has 0 aromatic carbocycles. The summed E-state index contributed by atoms with van der Waals surface area (Å²) in [5.74, 6) is -0.931. The van der Waals surface area contributed by atoms with Gasteiger partial charge in [-0.05, 0) is 12.8 Å². The van der Waals surface area contributed by atoms with Gasteiger partial charge in [-0.25, -0.2) is 4.79 Å². The van der Waals surface area contributed by atoms with E-state index in [4.69, 9.17) is 5.11 Å². The number of carboxylic acids is 1. The van der Waals surface area contributed by atoms with Crippen molar-refractivity contribution in [3.8, 4) is 0 Å². The summed E-state index contributed by atoms with van der Waals surface area (Å²) in [4.78, 5) is 10.2. The Kier molecular flexibility index (Phi) is 15.8. The van der Waals surface area contributed by atoms with Crippen molar-refractivity contribution in [1.82, 2.24) is 0 Å². The Morgan fingerprint density at radius 2 is 1.23 bits per heavy atom. The van der Waals surface area contributed by atoms with E-state index in [-0.39, 0.29) is 0 Å². The van der Waals surface area contributed by atoms with Gasteiger partial charge >= 0.3 is 5.97 Å². The highest BCUT2D eigenvalue weighted by Crippen LogP contribution is 2.08. The summed E-state index contributed by atoms with van der Waals surface area (Å²) in [6.45, 7) is 2.25. The van der Waals surface area contributed by atoms with Crippen LogP contribution in [0.2, 0.25) is 0 Å². The van der Waals surface area contributed by atoms with Crippen LogP contribution in [0.25, 0.3) is 0 Å². The highest BCUT2D eigenvalue weighted by Gasteiger charge is 1.88. The van der Waals surface area contributed by atoms with E-state index in [2.05, 4.69) is 19.1 Å². The van der Waals surface area contributed by atoms with Gasteiger partial charge in [-0.15, -0.1) is 0 Å². The zero-order valence-electron chi connectivity index (χ0n) is 13.8. The predicted molar refractivity (Wildman–Crippen MR) is 95.9 cm³/mol. The molecule has 0 unspecified atom stereocenters. The summed E-state index contributed by atoms with van der Waals surface area (Å²) < 4.78 is 0. The SMILES string of the molecule is CCCCCCCCCC=CC=CC=CC=C/C=C/C(=O)O. The van der Waals surface area contributed by atoms with Gasteiger partial charge < -0.3 is 5.11 Å². The second kappa shape index (κ2) is 17.2. The fraction of sp³-hybridized carbons (Fsp3) is 0.450. The van der Waals surface area contributed by atoms with Gasteiger partial charge in [0, 0.05) is 6.08 Å². The van der Waals surface area contributed by atoms with Crippen molar-refractivity contribution < 1.29 is 9.90 Å². The van der Waals surface area contributed by atoms with Gasteiger partial charge in [-0.3, -0.25) is 0 Å². The first-order valence-corrected chi connectivity index (χ1v) is 8.33. The van der Waals surface area contributed by atoms with Gasteiger partial charge in [0.2, 0.25) is 0 Å². The molecule has 2 nitrogen and oxygen atoms in total. The Morgan fingerprint density at radius 3 is 1.82 bits per heavy atom. The molecule has 0 aliphatic carbocycles. The minimum Gasteiger partial charge on any atom is -0.478 e. The number of hydrogen-bond acceptors (Lipinski definition) is 1. The zero-order valence-corrected chi connectivity index (χ0v) is 13.8. The van der Waals surface area contributed by atoms with Crippen LogP contribution in [0.3, 0.4) is 0 Å². The molecule has 0 amide bonds. The molecule has 0 bridgehead atoms. The first kappa shape index (κ1) is 20.2. The number of carbonyl (C=O) groups is 1. The molecule has 0 heterocycles. The quantitative estimate of drug-likeness (QED) is 0.258. The monoisotopic (exact) mass is 302 g/mol. The van der Waals surface area contributed by atoms with Crippen LogP contribution < -0.4 is 0 Å². The lowest BCUT2D eigenvalue weighted by atomic mass is 10.1. The van der Waals surface area contributed by atoms with Crippen LogP contribution in [0.4, 0.5) is 0 Å². The number of carboxylic acid groups (broad SMARTS) is 1. The maximum Gasteiger partial charge on any atom is 0.328 e. The fourth-order valence-electron chi connectivity index (χ4n) is 1.92. The molecule has 0 fully saturated rings. The van der Waals surface area contributed by atoms with Crippen LogP contribution in [-0.4, -0.2) is 11.1 Å². The third kappa shape index (κ3) is 18.2. The molecule has 2 heteroatoms. The maximum absolute atomic E-state index is 10.2. The van der Waals surface area contributed by atoms with E-state index in [1.807, 2.05) is 24.3 Å². The van der Waals surface area contributed by atoms with Crippen LogP contribution in [0.5, 0.6) is 0 Å². The van der Waals surface area contributed by atoms with Crippen LogP contribution in [-0.2, 0) is 4.79 Å². The molecule has 0 aromatic rings. The van der Waals surface area contributed by atoms with Gasteiger partial charge in [0.05, 0.1) is 0 Å². The van der Waals surface area contributed by atoms with E-state index in [0.717, 1.165) is 12.5 Å². The Morgan fingerprint density at radius 1 is 0.727 bits per heavy atom. The lowest BCUT2D eigenvalue weighted by Crippen LogP contribution is -1.84. The first-order chi connectivity index (χ1) is 10.8. The Labute approximate surface area is 135 Å². The number of allylic oxidation sites excluding steroid dienone is 9. The van der Waals surface area contributed by atoms with E-state index in [1.54, 1.807) is 12.2 Å². The average molecular weight is 302 g/mol. The molecule has 0 aromatic heterocycles. The van der Waals surface area contributed by atoms with Gasteiger partial charge in [0.15, 0.2) is 0 Å². The topological polar surface area (TPSA) is 37.3 Å². The molecule has 0 aliphatic rings. The number of rotatable bonds is 13. The summed E-state index contributed by atoms with van der Waals surface area (Å²) in [5, 5.41) is 8.38. The number of unbranched alkanes of at least 4 members (excludes halogenated alkanes) is 7. The van der Waals surface area contributed by atoms with Crippen molar-refractivity contribution >= 4 is 5.97 Å². The van der Waals surface area contributed by atoms with E-state index in [9.17, 15) is 4.79 Å². The van der Waals surface area contributed by atoms with Gasteiger partial charge in [-0.2, -0.15) is 0 Å². The molecule has 0 aliphatic heterocycles. The van der Waals surface area contributed by atoms with Crippen LogP contribution in [0.15, 0.2) is 60.8 Å². The highest BCUT2D eigenvalue weighted by atomic mass is 16.4. The minimum absolute atomic E-state index is 0.931. The molecule has 0 saturated heterocycles. The van der Waals surface area contributed by atoms with Crippen molar-refractivity contribution in [3.63, 3.8) is 0 Å². The molecule has 0 atom stereocenters. The lowest BCUT2D eigenvalue weighted by molar-refractivity contribution is -0.131. The van der Waals surface area contributed by atoms with E-state index in [0.29, 0.717) is 0 Å². The number of hydrogen-bond donors (Lipinski definition) is 1. The molecule has 0 spiro atoms. The standard InChI is InChI=1S/C20H30O2/c1-2-3-4-5-6-7-8-9-10-11-12-13-14-15-16-17-18-19-20(21)22/h10-19H,2-9H2,1H3,(H,21,22)/b11-10?,13-12?,15-14?,17-16?,19-18+. The van der Waals surface area contributed by atoms with Crippen molar-refractivity contribution in [1.29, 1.82) is 0 Å². The molecule has 22 heavy (non-hydrogen) atoms. The Hall–Kier alpha value is -1.83. The number of aliphatic carboxylic acids is 1. The third-order valence-electron chi connectivity index (χ3n) is 3.13. The van der Waals surface area contributed by atoms with E-state index >= 15 is 0 Å². The molecule has 0 radical (unpaired) electrons. The molecule has 0 rings (SSSR count). The second-order valence-corrected chi connectivity index (χ2v) is 5.19. The predicted octanol–water partition coefficient (Wildman–Crippen LogP) is 5.99. The summed E-state index contributed by atoms with van der Waals surface area (Å²) in [6, 6.07) is 0. The van der Waals surface area contributed by atoms with Crippen LogP contribution >= 0.6 is 0 Å². The van der Waals surface area contributed by atoms with Gasteiger partial charge in [-0.1, -0.05) is 100 Å². The second-order valence-electron chi connectivity index (χ2n) is 5.19. The summed E-state index contributed by atoms with van der Waals surface area (Å²) in [6.07, 6.45) is 28.8. The first-order valence-electron chi connectivity index (χ1n) is 8.33. The average Bonchev–Trinajstić information content (AvgIpc) is 2.50. The highest BCUT2D eigenvalue weighted by molar-refractivity contribution is 5.80. The van der Waals surface area contributed by atoms with Crippen molar-refractivity contribution in [2.45, 2.75) is 58.3 Å². The van der Waals surface area contributed by atoms with Gasteiger partial charge in [0.1, 0.15) is 0 Å². The maximum atomic E-state index is 10.2. The normalized spacial score (nSPS) is 12.8. The van der Waals surface area contributed by atoms with E-state index < -0.39 is 5.97 Å². The lowest BCUT2D eigenvalue weighted by Gasteiger charge is -1.98. The third-order valence-corrected chi connectivity index (χ3v) is 3.13. The molecular formula is C20H30O2. The van der Waals surface area contributed by atoms with E-state index in [1.165, 1.54) is 51.0 Å². The molecular weight excluding hydrogens is 272 g/mol. The van der Waals surface area contributed by atoms with Crippen LogP contribution in [0.1, 0.15) is 58.3 Å². The van der Waals surface area contributed by atoms with Crippen LogP contribution in [0, 0.1) is 0 Å². The zero-order chi connectivity index (χ0) is 16.3. The van der Waals surface area contributed by atoms with Crippen molar-refractivity contribution in [2.24, 2.45) is 0 Å². The summed E-state index contributed by atoms with van der Waals surface area (Å²) in [5.41, 5.74) is 0. The van der Waals surface area contributed by atoms with Gasteiger partial charge in [0.25, 0.3) is 0 Å². The Balaban J connectivity index is 3.50. The molecule has 1 N–H and O–H groups in total. The minimum atomic E-state index is -0.931. The largest absolute Gasteiger partial charge is 0.478 e. The van der Waals surface area contributed by atoms with Crippen molar-refractivity contribution in [2.75, 3.05) is 0 Å². The Bertz CT molecular complexity index is 398. The summed E-state index contributed by atoms with van der Waals surface area (Å²) >= 11 is 0. The fourth-order valence-corrected chi connectivity index (χ4v) is 1.92.